The first-order chi connectivity index (χ1) is 7.68. The van der Waals surface area contributed by atoms with Crippen molar-refractivity contribution in [2.45, 2.75) is 6.04 Å². The second-order valence-corrected chi connectivity index (χ2v) is 4.23. The summed E-state index contributed by atoms with van der Waals surface area (Å²) in [5.74, 6) is -0.334. The highest BCUT2D eigenvalue weighted by atomic mass is 79.9. The Balaban J connectivity index is 2.41. The van der Waals surface area contributed by atoms with Gasteiger partial charge in [0, 0.05) is 28.0 Å². The Morgan fingerprint density at radius 3 is 2.62 bits per heavy atom. The summed E-state index contributed by atoms with van der Waals surface area (Å²) in [6, 6.07) is 4.11. The molecular formula is C11H9BrFN3. The van der Waals surface area contributed by atoms with Gasteiger partial charge in [-0.2, -0.15) is 0 Å². The van der Waals surface area contributed by atoms with E-state index < -0.39 is 6.04 Å². The molecule has 2 aromatic rings. The Morgan fingerprint density at radius 1 is 1.25 bits per heavy atom. The number of benzene rings is 1. The molecule has 5 heteroatoms. The van der Waals surface area contributed by atoms with E-state index in [0.29, 0.717) is 11.1 Å². The molecule has 1 aromatic carbocycles. The zero-order valence-corrected chi connectivity index (χ0v) is 9.86. The van der Waals surface area contributed by atoms with Gasteiger partial charge in [-0.3, -0.25) is 0 Å². The Morgan fingerprint density at radius 2 is 1.94 bits per heavy atom. The Bertz CT molecular complexity index is 490. The molecule has 1 atom stereocenters. The normalized spacial score (nSPS) is 12.4. The lowest BCUT2D eigenvalue weighted by molar-refractivity contribution is 0.598. The Labute approximate surface area is 101 Å². The van der Waals surface area contributed by atoms with E-state index in [0.717, 1.165) is 4.47 Å². The highest BCUT2D eigenvalue weighted by Crippen LogP contribution is 2.24. The molecule has 0 aliphatic carbocycles. The van der Waals surface area contributed by atoms with Gasteiger partial charge < -0.3 is 5.73 Å². The molecule has 0 aliphatic heterocycles. The number of hydrogen-bond acceptors (Lipinski definition) is 3. The number of nitrogens with zero attached hydrogens (tertiary/aromatic N) is 2. The van der Waals surface area contributed by atoms with Crippen LogP contribution in [0.15, 0.2) is 41.4 Å². The van der Waals surface area contributed by atoms with Crippen molar-refractivity contribution < 1.29 is 4.39 Å². The van der Waals surface area contributed by atoms with Crippen LogP contribution in [-0.2, 0) is 0 Å². The summed E-state index contributed by atoms with van der Waals surface area (Å²) < 4.78 is 14.4. The molecule has 1 aromatic heterocycles. The molecule has 0 radical (unpaired) electrons. The van der Waals surface area contributed by atoms with Gasteiger partial charge in [0.2, 0.25) is 0 Å². The third-order valence-corrected chi connectivity index (χ3v) is 2.73. The zero-order valence-electron chi connectivity index (χ0n) is 8.27. The van der Waals surface area contributed by atoms with Gasteiger partial charge in [0.25, 0.3) is 0 Å². The number of rotatable bonds is 2. The fourth-order valence-corrected chi connectivity index (χ4v) is 1.78. The maximum Gasteiger partial charge on any atom is 0.128 e. The lowest BCUT2D eigenvalue weighted by atomic mass is 10.0. The summed E-state index contributed by atoms with van der Waals surface area (Å²) in [5.41, 5.74) is 7.05. The van der Waals surface area contributed by atoms with E-state index >= 15 is 0 Å². The third kappa shape index (κ3) is 2.25. The van der Waals surface area contributed by atoms with Gasteiger partial charge in [-0.1, -0.05) is 15.9 Å². The maximum atomic E-state index is 13.6. The second-order valence-electron chi connectivity index (χ2n) is 3.32. The maximum absolute atomic E-state index is 13.6. The molecular weight excluding hydrogens is 273 g/mol. The molecule has 0 spiro atoms. The van der Waals surface area contributed by atoms with Gasteiger partial charge in [0.05, 0.1) is 6.04 Å². The molecule has 0 fully saturated rings. The molecule has 1 unspecified atom stereocenters. The number of halogens is 2. The molecule has 2 N–H and O–H groups in total. The lowest BCUT2D eigenvalue weighted by Crippen LogP contribution is -2.14. The SMILES string of the molecule is NC(c1cncnc1)c1cc(Br)ccc1F. The van der Waals surface area contributed by atoms with E-state index in [9.17, 15) is 4.39 Å². The quantitative estimate of drug-likeness (QED) is 0.920. The number of hydrogen-bond donors (Lipinski definition) is 1. The number of nitrogens with two attached hydrogens (primary N) is 1. The van der Waals surface area contributed by atoms with Crippen molar-refractivity contribution in [2.75, 3.05) is 0 Å². The van der Waals surface area contributed by atoms with Crippen LogP contribution >= 0.6 is 15.9 Å². The fourth-order valence-electron chi connectivity index (χ4n) is 1.40. The van der Waals surface area contributed by atoms with Crippen LogP contribution in [0.25, 0.3) is 0 Å². The molecule has 1 heterocycles. The van der Waals surface area contributed by atoms with Gasteiger partial charge in [0.15, 0.2) is 0 Å². The van der Waals surface area contributed by atoms with Crippen LogP contribution in [0.3, 0.4) is 0 Å². The molecule has 0 bridgehead atoms. The van der Waals surface area contributed by atoms with Crippen molar-refractivity contribution in [1.29, 1.82) is 0 Å². The van der Waals surface area contributed by atoms with Gasteiger partial charge in [0.1, 0.15) is 12.1 Å². The van der Waals surface area contributed by atoms with Crippen LogP contribution in [0.2, 0.25) is 0 Å². The van der Waals surface area contributed by atoms with Crippen molar-refractivity contribution in [3.8, 4) is 0 Å². The average Bonchev–Trinajstić information content (AvgIpc) is 2.32. The van der Waals surface area contributed by atoms with E-state index in [2.05, 4.69) is 25.9 Å². The minimum Gasteiger partial charge on any atom is -0.320 e. The van der Waals surface area contributed by atoms with Gasteiger partial charge in [-0.25, -0.2) is 14.4 Å². The molecule has 0 saturated heterocycles. The van der Waals surface area contributed by atoms with E-state index in [1.165, 1.54) is 12.4 Å². The zero-order chi connectivity index (χ0) is 11.5. The van der Waals surface area contributed by atoms with E-state index in [-0.39, 0.29) is 5.82 Å². The molecule has 16 heavy (non-hydrogen) atoms. The summed E-state index contributed by atoms with van der Waals surface area (Å²) in [6.45, 7) is 0. The second kappa shape index (κ2) is 4.67. The molecule has 2 rings (SSSR count). The summed E-state index contributed by atoms with van der Waals surface area (Å²) in [7, 11) is 0. The Hall–Kier alpha value is -1.33. The summed E-state index contributed by atoms with van der Waals surface area (Å²) in [6.07, 6.45) is 4.57. The van der Waals surface area contributed by atoms with Gasteiger partial charge in [-0.05, 0) is 18.2 Å². The highest BCUT2D eigenvalue weighted by Gasteiger charge is 2.14. The topological polar surface area (TPSA) is 51.8 Å². The Kier molecular flexibility index (Phi) is 3.26. The van der Waals surface area contributed by atoms with Crippen LogP contribution in [0, 0.1) is 5.82 Å². The predicted molar refractivity (Wildman–Crippen MR) is 62.2 cm³/mol. The largest absolute Gasteiger partial charge is 0.320 e. The van der Waals surface area contributed by atoms with Crippen LogP contribution < -0.4 is 5.73 Å². The third-order valence-electron chi connectivity index (χ3n) is 2.23. The van der Waals surface area contributed by atoms with Crippen molar-refractivity contribution in [3.63, 3.8) is 0 Å². The molecule has 0 saturated carbocycles. The van der Waals surface area contributed by atoms with Crippen LogP contribution in [-0.4, -0.2) is 9.97 Å². The minimum atomic E-state index is -0.557. The minimum absolute atomic E-state index is 0.334. The first-order valence-electron chi connectivity index (χ1n) is 4.64. The van der Waals surface area contributed by atoms with Crippen molar-refractivity contribution in [2.24, 2.45) is 5.73 Å². The van der Waals surface area contributed by atoms with Crippen LogP contribution in [0.1, 0.15) is 17.2 Å². The van der Waals surface area contributed by atoms with E-state index in [4.69, 9.17) is 5.73 Å². The first kappa shape index (κ1) is 11.2. The highest BCUT2D eigenvalue weighted by molar-refractivity contribution is 9.10. The number of aromatic nitrogens is 2. The van der Waals surface area contributed by atoms with E-state index in [1.54, 1.807) is 24.5 Å². The average molecular weight is 282 g/mol. The lowest BCUT2D eigenvalue weighted by Gasteiger charge is -2.12. The van der Waals surface area contributed by atoms with Crippen LogP contribution in [0.4, 0.5) is 4.39 Å². The van der Waals surface area contributed by atoms with Crippen molar-refractivity contribution in [1.82, 2.24) is 9.97 Å². The summed E-state index contributed by atoms with van der Waals surface area (Å²) in [4.78, 5) is 7.72. The van der Waals surface area contributed by atoms with Crippen LogP contribution in [0.5, 0.6) is 0 Å². The predicted octanol–water partition coefficient (Wildman–Crippen LogP) is 2.43. The first-order valence-corrected chi connectivity index (χ1v) is 5.43. The summed E-state index contributed by atoms with van der Waals surface area (Å²) >= 11 is 3.28. The summed E-state index contributed by atoms with van der Waals surface area (Å²) in [5, 5.41) is 0. The smallest absolute Gasteiger partial charge is 0.128 e. The molecule has 3 nitrogen and oxygen atoms in total. The van der Waals surface area contributed by atoms with E-state index in [1.807, 2.05) is 0 Å². The van der Waals surface area contributed by atoms with Gasteiger partial charge >= 0.3 is 0 Å². The fraction of sp³-hybridized carbons (Fsp3) is 0.0909. The molecule has 0 amide bonds. The molecule has 0 aliphatic rings. The van der Waals surface area contributed by atoms with Gasteiger partial charge in [-0.15, -0.1) is 0 Å². The molecule has 82 valence electrons. The standard InChI is InChI=1S/C11H9BrFN3/c12-8-1-2-10(13)9(3-8)11(14)7-4-15-6-16-5-7/h1-6,11H,14H2. The van der Waals surface area contributed by atoms with Crippen molar-refractivity contribution >= 4 is 15.9 Å². The monoisotopic (exact) mass is 281 g/mol. The van der Waals surface area contributed by atoms with Crippen molar-refractivity contribution in [3.05, 3.63) is 58.3 Å².